The number of rotatable bonds is 4. The lowest BCUT2D eigenvalue weighted by atomic mass is 10.1. The van der Waals surface area contributed by atoms with Gasteiger partial charge in [0.05, 0.1) is 11.8 Å². The fourth-order valence-corrected chi connectivity index (χ4v) is 4.21. The zero-order valence-corrected chi connectivity index (χ0v) is 12.4. The molecule has 2 atom stereocenters. The predicted molar refractivity (Wildman–Crippen MR) is 83.1 cm³/mol. The second-order valence-corrected chi connectivity index (χ2v) is 7.16. The number of sulfonamides is 1. The third-order valence-electron chi connectivity index (χ3n) is 3.78. The van der Waals surface area contributed by atoms with E-state index in [9.17, 15) is 8.42 Å². The largest absolute Gasteiger partial charge is 0.326 e. The molecule has 2 aromatic carbocycles. The van der Waals surface area contributed by atoms with Gasteiger partial charge in [0.1, 0.15) is 0 Å². The molecule has 5 heteroatoms. The smallest absolute Gasteiger partial charge is 0.216 e. The quantitative estimate of drug-likeness (QED) is 0.903. The van der Waals surface area contributed by atoms with E-state index in [4.69, 9.17) is 5.73 Å². The van der Waals surface area contributed by atoms with E-state index < -0.39 is 10.0 Å². The molecular weight excluding hydrogens is 284 g/mol. The van der Waals surface area contributed by atoms with Gasteiger partial charge in [0.2, 0.25) is 10.0 Å². The van der Waals surface area contributed by atoms with Gasteiger partial charge in [-0.1, -0.05) is 54.6 Å². The molecule has 0 saturated carbocycles. The average Bonchev–Trinajstić information content (AvgIpc) is 2.75. The van der Waals surface area contributed by atoms with Crippen molar-refractivity contribution in [3.63, 3.8) is 0 Å². The molecule has 0 radical (unpaired) electrons. The minimum absolute atomic E-state index is 0.0285. The summed E-state index contributed by atoms with van der Waals surface area (Å²) in [4.78, 5) is 0. The first-order chi connectivity index (χ1) is 10.1. The van der Waals surface area contributed by atoms with Crippen LogP contribution in [0.5, 0.6) is 0 Å². The van der Waals surface area contributed by atoms with Crippen LogP contribution in [-0.2, 0) is 22.2 Å². The summed E-state index contributed by atoms with van der Waals surface area (Å²) < 4.78 is 27.4. The van der Waals surface area contributed by atoms with Crippen LogP contribution in [0.15, 0.2) is 54.6 Å². The SMILES string of the molecule is NC1Cc2ccccc2C1NS(=O)(=O)Cc1ccccc1. The third kappa shape index (κ3) is 3.15. The van der Waals surface area contributed by atoms with Crippen molar-refractivity contribution in [3.8, 4) is 0 Å². The van der Waals surface area contributed by atoms with Crippen molar-refractivity contribution in [3.05, 3.63) is 71.3 Å². The zero-order chi connectivity index (χ0) is 14.9. The molecule has 110 valence electrons. The number of benzene rings is 2. The molecule has 1 aliphatic carbocycles. The Morgan fingerprint density at radius 1 is 1.05 bits per heavy atom. The molecule has 4 nitrogen and oxygen atoms in total. The maximum atomic E-state index is 12.3. The highest BCUT2D eigenvalue weighted by molar-refractivity contribution is 7.88. The van der Waals surface area contributed by atoms with Crippen molar-refractivity contribution in [2.45, 2.75) is 24.3 Å². The normalized spacial score (nSPS) is 21.2. The molecule has 2 unspecified atom stereocenters. The van der Waals surface area contributed by atoms with Crippen LogP contribution in [0.25, 0.3) is 0 Å². The van der Waals surface area contributed by atoms with Gasteiger partial charge >= 0.3 is 0 Å². The Morgan fingerprint density at radius 3 is 2.48 bits per heavy atom. The lowest BCUT2D eigenvalue weighted by Crippen LogP contribution is -2.38. The minimum Gasteiger partial charge on any atom is -0.326 e. The van der Waals surface area contributed by atoms with Crippen molar-refractivity contribution in [2.24, 2.45) is 5.73 Å². The summed E-state index contributed by atoms with van der Waals surface area (Å²) in [7, 11) is -3.42. The van der Waals surface area contributed by atoms with E-state index in [1.165, 1.54) is 0 Å². The molecule has 0 saturated heterocycles. The maximum Gasteiger partial charge on any atom is 0.216 e. The van der Waals surface area contributed by atoms with E-state index in [2.05, 4.69) is 4.72 Å². The third-order valence-corrected chi connectivity index (χ3v) is 5.11. The predicted octanol–water partition coefficient (Wildman–Crippen LogP) is 1.73. The van der Waals surface area contributed by atoms with Gasteiger partial charge in [-0.25, -0.2) is 13.1 Å². The van der Waals surface area contributed by atoms with Crippen LogP contribution in [0.3, 0.4) is 0 Å². The number of hydrogen-bond acceptors (Lipinski definition) is 3. The Balaban J connectivity index is 1.80. The first kappa shape index (κ1) is 14.3. The van der Waals surface area contributed by atoms with Gasteiger partial charge in [0, 0.05) is 6.04 Å². The summed E-state index contributed by atoms with van der Waals surface area (Å²) in [6, 6.07) is 16.4. The van der Waals surface area contributed by atoms with Crippen molar-refractivity contribution in [2.75, 3.05) is 0 Å². The summed E-state index contributed by atoms with van der Waals surface area (Å²) in [5.74, 6) is -0.0285. The van der Waals surface area contributed by atoms with Gasteiger partial charge in [-0.3, -0.25) is 0 Å². The van der Waals surface area contributed by atoms with Crippen molar-refractivity contribution < 1.29 is 8.42 Å². The number of fused-ring (bicyclic) bond motifs is 1. The topological polar surface area (TPSA) is 72.2 Å². The summed E-state index contributed by atoms with van der Waals surface area (Å²) in [6.45, 7) is 0. The van der Waals surface area contributed by atoms with Crippen molar-refractivity contribution >= 4 is 10.0 Å². The number of nitrogens with one attached hydrogen (secondary N) is 1. The molecular formula is C16H18N2O2S. The molecule has 21 heavy (non-hydrogen) atoms. The Bertz CT molecular complexity index is 729. The van der Waals surface area contributed by atoms with Crippen molar-refractivity contribution in [1.29, 1.82) is 0 Å². The molecule has 3 N–H and O–H groups in total. The van der Waals surface area contributed by atoms with Gasteiger partial charge in [0.25, 0.3) is 0 Å². The molecule has 0 aliphatic heterocycles. The Kier molecular flexibility index (Phi) is 3.80. The second kappa shape index (κ2) is 5.60. The van der Waals surface area contributed by atoms with E-state index >= 15 is 0 Å². The number of hydrogen-bond donors (Lipinski definition) is 2. The van der Waals surface area contributed by atoms with Crippen LogP contribution >= 0.6 is 0 Å². The zero-order valence-electron chi connectivity index (χ0n) is 11.6. The van der Waals surface area contributed by atoms with Crippen LogP contribution < -0.4 is 10.5 Å². The fraction of sp³-hybridized carbons (Fsp3) is 0.250. The van der Waals surface area contributed by atoms with Crippen LogP contribution in [0.2, 0.25) is 0 Å². The van der Waals surface area contributed by atoms with E-state index in [0.717, 1.165) is 16.7 Å². The summed E-state index contributed by atoms with van der Waals surface area (Å²) in [5, 5.41) is 0. The summed E-state index contributed by atoms with van der Waals surface area (Å²) in [5.41, 5.74) is 8.98. The minimum atomic E-state index is -3.42. The molecule has 0 spiro atoms. The number of nitrogens with two attached hydrogens (primary N) is 1. The molecule has 2 aromatic rings. The summed E-state index contributed by atoms with van der Waals surface area (Å²) in [6.07, 6.45) is 0.703. The van der Waals surface area contributed by atoms with Gasteiger partial charge in [-0.05, 0) is 23.1 Å². The lowest BCUT2D eigenvalue weighted by Gasteiger charge is -2.18. The van der Waals surface area contributed by atoms with E-state index in [-0.39, 0.29) is 17.8 Å². The Labute approximate surface area is 125 Å². The van der Waals surface area contributed by atoms with E-state index in [1.807, 2.05) is 54.6 Å². The van der Waals surface area contributed by atoms with Crippen molar-refractivity contribution in [1.82, 2.24) is 4.72 Å². The molecule has 0 heterocycles. The molecule has 0 aromatic heterocycles. The first-order valence-corrected chi connectivity index (χ1v) is 8.58. The van der Waals surface area contributed by atoms with Crippen LogP contribution in [0.4, 0.5) is 0 Å². The molecule has 3 rings (SSSR count). The highest BCUT2D eigenvalue weighted by Crippen LogP contribution is 2.30. The van der Waals surface area contributed by atoms with E-state index in [0.29, 0.717) is 6.42 Å². The fourth-order valence-electron chi connectivity index (χ4n) is 2.81. The van der Waals surface area contributed by atoms with Gasteiger partial charge in [-0.2, -0.15) is 0 Å². The van der Waals surface area contributed by atoms with E-state index in [1.54, 1.807) is 0 Å². The lowest BCUT2D eigenvalue weighted by molar-refractivity contribution is 0.517. The molecule has 0 fully saturated rings. The highest BCUT2D eigenvalue weighted by Gasteiger charge is 2.32. The highest BCUT2D eigenvalue weighted by atomic mass is 32.2. The van der Waals surface area contributed by atoms with Gasteiger partial charge in [0.15, 0.2) is 0 Å². The second-order valence-electron chi connectivity index (χ2n) is 5.41. The average molecular weight is 302 g/mol. The van der Waals surface area contributed by atoms with Crippen LogP contribution in [0, 0.1) is 0 Å². The van der Waals surface area contributed by atoms with Crippen LogP contribution in [0.1, 0.15) is 22.7 Å². The molecule has 0 amide bonds. The maximum absolute atomic E-state index is 12.3. The standard InChI is InChI=1S/C16H18N2O2S/c17-15-10-13-8-4-5-9-14(13)16(15)18-21(19,20)11-12-6-2-1-3-7-12/h1-9,15-16,18H,10-11,17H2. The van der Waals surface area contributed by atoms with Gasteiger partial charge in [-0.15, -0.1) is 0 Å². The summed E-state index contributed by atoms with van der Waals surface area (Å²) >= 11 is 0. The monoisotopic (exact) mass is 302 g/mol. The molecule has 0 bridgehead atoms. The Hall–Kier alpha value is -1.69. The Morgan fingerprint density at radius 2 is 1.71 bits per heavy atom. The molecule has 1 aliphatic rings. The first-order valence-electron chi connectivity index (χ1n) is 6.92. The van der Waals surface area contributed by atoms with Gasteiger partial charge < -0.3 is 5.73 Å². The van der Waals surface area contributed by atoms with Crippen LogP contribution in [-0.4, -0.2) is 14.5 Å².